The van der Waals surface area contributed by atoms with Gasteiger partial charge in [-0.1, -0.05) is 46.3 Å². The molecule has 18 heavy (non-hydrogen) atoms. The summed E-state index contributed by atoms with van der Waals surface area (Å²) in [5.74, 6) is -0.363. The van der Waals surface area contributed by atoms with Crippen molar-refractivity contribution in [2.24, 2.45) is 0 Å². The SMILES string of the molecule is COC1=CC(Br)(C(=O)O)CC(c2ccccc2)=C1. The number of allylic oxidation sites excluding steroid dienone is 2. The summed E-state index contributed by atoms with van der Waals surface area (Å²) in [4.78, 5) is 11.3. The summed E-state index contributed by atoms with van der Waals surface area (Å²) in [6.07, 6.45) is 3.85. The number of aliphatic carboxylic acids is 1. The number of carboxylic acids is 1. The van der Waals surface area contributed by atoms with E-state index in [9.17, 15) is 9.90 Å². The fourth-order valence-corrected chi connectivity index (χ4v) is 2.44. The summed E-state index contributed by atoms with van der Waals surface area (Å²) in [6.45, 7) is 0. The molecule has 2 rings (SSSR count). The van der Waals surface area contributed by atoms with Gasteiger partial charge in [0.05, 0.1) is 7.11 Å². The minimum Gasteiger partial charge on any atom is -0.497 e. The van der Waals surface area contributed by atoms with Gasteiger partial charge in [-0.05, 0) is 23.3 Å². The highest BCUT2D eigenvalue weighted by atomic mass is 79.9. The first-order chi connectivity index (χ1) is 8.55. The number of halogens is 1. The number of hydrogen-bond acceptors (Lipinski definition) is 2. The van der Waals surface area contributed by atoms with Crippen LogP contribution in [0, 0.1) is 0 Å². The second-order valence-electron chi connectivity index (χ2n) is 4.13. The first kappa shape index (κ1) is 12.9. The molecular weight excluding hydrogens is 296 g/mol. The third kappa shape index (κ3) is 2.48. The molecule has 1 N–H and O–H groups in total. The molecule has 0 radical (unpaired) electrons. The minimum atomic E-state index is -1.10. The molecular formula is C14H13BrO3. The zero-order chi connectivity index (χ0) is 13.2. The molecule has 94 valence electrons. The highest BCUT2D eigenvalue weighted by molar-refractivity contribution is 9.10. The van der Waals surface area contributed by atoms with E-state index >= 15 is 0 Å². The Morgan fingerprint density at radius 1 is 1.39 bits per heavy atom. The molecule has 3 nitrogen and oxygen atoms in total. The average molecular weight is 309 g/mol. The van der Waals surface area contributed by atoms with E-state index in [1.54, 1.807) is 6.08 Å². The van der Waals surface area contributed by atoms with Crippen LogP contribution in [0.2, 0.25) is 0 Å². The van der Waals surface area contributed by atoms with Crippen molar-refractivity contribution in [3.8, 4) is 0 Å². The summed E-state index contributed by atoms with van der Waals surface area (Å²) in [7, 11) is 1.53. The second kappa shape index (κ2) is 4.98. The molecule has 0 saturated heterocycles. The molecule has 1 aliphatic rings. The molecule has 0 saturated carbocycles. The molecule has 0 aromatic heterocycles. The highest BCUT2D eigenvalue weighted by Gasteiger charge is 2.37. The smallest absolute Gasteiger partial charge is 0.324 e. The van der Waals surface area contributed by atoms with Crippen molar-refractivity contribution >= 4 is 27.5 Å². The minimum absolute atomic E-state index is 0.388. The summed E-state index contributed by atoms with van der Waals surface area (Å²) < 4.78 is 4.08. The molecule has 0 aliphatic heterocycles. The van der Waals surface area contributed by atoms with E-state index in [1.165, 1.54) is 7.11 Å². The fraction of sp³-hybridized carbons (Fsp3) is 0.214. The fourth-order valence-electron chi connectivity index (χ4n) is 1.91. The average Bonchev–Trinajstić information content (AvgIpc) is 2.39. The van der Waals surface area contributed by atoms with Crippen LogP contribution >= 0.6 is 15.9 Å². The zero-order valence-corrected chi connectivity index (χ0v) is 11.5. The summed E-state index contributed by atoms with van der Waals surface area (Å²) in [5, 5.41) is 9.30. The second-order valence-corrected chi connectivity index (χ2v) is 5.55. The van der Waals surface area contributed by atoms with E-state index in [0.717, 1.165) is 11.1 Å². The molecule has 0 spiro atoms. The number of benzene rings is 1. The number of hydrogen-bond donors (Lipinski definition) is 1. The predicted molar refractivity (Wildman–Crippen MR) is 73.4 cm³/mol. The van der Waals surface area contributed by atoms with Crippen LogP contribution < -0.4 is 0 Å². The van der Waals surface area contributed by atoms with E-state index in [-0.39, 0.29) is 0 Å². The van der Waals surface area contributed by atoms with Crippen LogP contribution in [-0.2, 0) is 9.53 Å². The standard InChI is InChI=1S/C14H13BrO3/c1-18-12-7-11(10-5-3-2-4-6-10)8-14(15,9-12)13(16)17/h2-7,9H,8H2,1H3,(H,16,17). The molecule has 1 unspecified atom stereocenters. The molecule has 0 amide bonds. The van der Waals surface area contributed by atoms with Gasteiger partial charge < -0.3 is 9.84 Å². The number of alkyl halides is 1. The van der Waals surface area contributed by atoms with Gasteiger partial charge in [0.2, 0.25) is 0 Å². The highest BCUT2D eigenvalue weighted by Crippen LogP contribution is 2.38. The number of ether oxygens (including phenoxy) is 1. The molecule has 1 aromatic rings. The van der Waals surface area contributed by atoms with E-state index in [1.807, 2.05) is 36.4 Å². The van der Waals surface area contributed by atoms with E-state index < -0.39 is 10.3 Å². The van der Waals surface area contributed by atoms with Crippen molar-refractivity contribution in [2.45, 2.75) is 10.7 Å². The van der Waals surface area contributed by atoms with Gasteiger partial charge in [0.25, 0.3) is 0 Å². The van der Waals surface area contributed by atoms with Crippen molar-refractivity contribution in [3.05, 3.63) is 53.8 Å². The normalized spacial score (nSPS) is 23.0. The monoisotopic (exact) mass is 308 g/mol. The zero-order valence-electron chi connectivity index (χ0n) is 9.89. The van der Waals surface area contributed by atoms with Gasteiger partial charge in [-0.3, -0.25) is 4.79 Å². The molecule has 1 aliphatic carbocycles. The quantitative estimate of drug-likeness (QED) is 0.872. The van der Waals surface area contributed by atoms with Gasteiger partial charge in [-0.2, -0.15) is 0 Å². The summed E-state index contributed by atoms with van der Waals surface area (Å²) >= 11 is 3.28. The summed E-state index contributed by atoms with van der Waals surface area (Å²) in [5.41, 5.74) is 1.94. The molecule has 4 heteroatoms. The van der Waals surface area contributed by atoms with Crippen molar-refractivity contribution in [3.63, 3.8) is 0 Å². The van der Waals surface area contributed by atoms with Gasteiger partial charge in [-0.15, -0.1) is 0 Å². The van der Waals surface area contributed by atoms with Crippen LogP contribution in [0.15, 0.2) is 48.2 Å². The number of methoxy groups -OCH3 is 1. The molecule has 0 heterocycles. The third-order valence-corrected chi connectivity index (χ3v) is 3.72. The Morgan fingerprint density at radius 3 is 2.61 bits per heavy atom. The van der Waals surface area contributed by atoms with Crippen LogP contribution in [0.25, 0.3) is 5.57 Å². The Balaban J connectivity index is 2.42. The van der Waals surface area contributed by atoms with E-state index in [2.05, 4.69) is 15.9 Å². The van der Waals surface area contributed by atoms with Crippen LogP contribution in [-0.4, -0.2) is 22.5 Å². The van der Waals surface area contributed by atoms with Crippen LogP contribution in [0.4, 0.5) is 0 Å². The lowest BCUT2D eigenvalue weighted by Gasteiger charge is -2.25. The number of carbonyl (C=O) groups is 1. The van der Waals surface area contributed by atoms with Crippen LogP contribution in [0.5, 0.6) is 0 Å². The summed E-state index contributed by atoms with van der Waals surface area (Å²) in [6, 6.07) is 9.70. The van der Waals surface area contributed by atoms with Gasteiger partial charge >= 0.3 is 5.97 Å². The van der Waals surface area contributed by atoms with Crippen LogP contribution in [0.1, 0.15) is 12.0 Å². The maximum absolute atomic E-state index is 11.3. The Labute approximate surface area is 114 Å². The molecule has 1 atom stereocenters. The van der Waals surface area contributed by atoms with Gasteiger partial charge in [0, 0.05) is 6.42 Å². The maximum Gasteiger partial charge on any atom is 0.324 e. The lowest BCUT2D eigenvalue weighted by molar-refractivity contribution is -0.138. The lowest BCUT2D eigenvalue weighted by atomic mass is 9.89. The van der Waals surface area contributed by atoms with Gasteiger partial charge in [0.1, 0.15) is 10.1 Å². The third-order valence-electron chi connectivity index (χ3n) is 2.87. The van der Waals surface area contributed by atoms with Gasteiger partial charge in [0.15, 0.2) is 0 Å². The number of carboxylic acid groups (broad SMARTS) is 1. The molecule has 0 fully saturated rings. The first-order valence-corrected chi connectivity index (χ1v) is 6.29. The Kier molecular flexibility index (Phi) is 3.57. The largest absolute Gasteiger partial charge is 0.497 e. The van der Waals surface area contributed by atoms with E-state index in [0.29, 0.717) is 12.2 Å². The molecule has 0 bridgehead atoms. The van der Waals surface area contributed by atoms with Crippen molar-refractivity contribution in [1.29, 1.82) is 0 Å². The van der Waals surface area contributed by atoms with Crippen molar-refractivity contribution in [1.82, 2.24) is 0 Å². The topological polar surface area (TPSA) is 46.5 Å². The predicted octanol–water partition coefficient (Wildman–Crippen LogP) is 3.22. The maximum atomic E-state index is 11.3. The first-order valence-electron chi connectivity index (χ1n) is 5.50. The van der Waals surface area contributed by atoms with Crippen LogP contribution in [0.3, 0.4) is 0 Å². The van der Waals surface area contributed by atoms with Gasteiger partial charge in [-0.25, -0.2) is 0 Å². The molecule has 1 aromatic carbocycles. The Morgan fingerprint density at radius 2 is 2.06 bits per heavy atom. The van der Waals surface area contributed by atoms with E-state index in [4.69, 9.17) is 4.74 Å². The van der Waals surface area contributed by atoms with Crippen molar-refractivity contribution < 1.29 is 14.6 Å². The Hall–Kier alpha value is -1.55. The lowest BCUT2D eigenvalue weighted by Crippen LogP contribution is -2.32. The van der Waals surface area contributed by atoms with Crippen molar-refractivity contribution in [2.75, 3.05) is 7.11 Å². The Bertz CT molecular complexity index is 519. The number of rotatable bonds is 3.